The van der Waals surface area contributed by atoms with Crippen LogP contribution in [0.4, 0.5) is 0 Å². The highest BCUT2D eigenvalue weighted by atomic mass is 16.5. The zero-order chi connectivity index (χ0) is 13.7. The van der Waals surface area contributed by atoms with E-state index in [0.29, 0.717) is 6.10 Å². The molecule has 1 heterocycles. The average molecular weight is 264 g/mol. The van der Waals surface area contributed by atoms with Crippen molar-refractivity contribution in [1.29, 1.82) is 0 Å². The van der Waals surface area contributed by atoms with Gasteiger partial charge in [0, 0.05) is 12.6 Å². The van der Waals surface area contributed by atoms with E-state index >= 15 is 0 Å². The lowest BCUT2D eigenvalue weighted by Crippen LogP contribution is -2.28. The molecule has 4 heteroatoms. The zero-order valence-corrected chi connectivity index (χ0v) is 11.8. The van der Waals surface area contributed by atoms with E-state index in [-0.39, 0.29) is 6.04 Å². The maximum atomic E-state index is 5.69. The van der Waals surface area contributed by atoms with Crippen molar-refractivity contribution in [3.63, 3.8) is 0 Å². The zero-order valence-electron chi connectivity index (χ0n) is 11.8. The molecule has 0 amide bonds. The molecule has 0 radical (unpaired) electrons. The largest absolute Gasteiger partial charge is 0.496 e. The Morgan fingerprint density at radius 3 is 2.95 bits per heavy atom. The molecule has 0 saturated carbocycles. The first-order valence-electron chi connectivity index (χ1n) is 6.97. The second-order valence-corrected chi connectivity index (χ2v) is 5.16. The fourth-order valence-electron chi connectivity index (χ4n) is 2.69. The molecule has 0 spiro atoms. The first kappa shape index (κ1) is 14.3. The first-order valence-corrected chi connectivity index (χ1v) is 6.97. The van der Waals surface area contributed by atoms with Gasteiger partial charge in [-0.15, -0.1) is 0 Å². The quantitative estimate of drug-likeness (QED) is 0.612. The maximum absolute atomic E-state index is 5.69. The molecule has 2 rings (SSSR count). The molecule has 1 fully saturated rings. The van der Waals surface area contributed by atoms with Crippen LogP contribution in [-0.4, -0.2) is 19.8 Å². The normalized spacial score (nSPS) is 20.5. The summed E-state index contributed by atoms with van der Waals surface area (Å²) in [6.07, 6.45) is 4.83. The topological polar surface area (TPSA) is 56.5 Å². The van der Waals surface area contributed by atoms with Crippen molar-refractivity contribution in [2.75, 3.05) is 13.7 Å². The average Bonchev–Trinajstić information content (AvgIpc) is 2.93. The van der Waals surface area contributed by atoms with Crippen LogP contribution >= 0.6 is 0 Å². The third kappa shape index (κ3) is 3.69. The van der Waals surface area contributed by atoms with Crippen molar-refractivity contribution < 1.29 is 9.47 Å². The lowest BCUT2D eigenvalue weighted by Gasteiger charge is -2.19. The van der Waals surface area contributed by atoms with Gasteiger partial charge in [0.15, 0.2) is 0 Å². The van der Waals surface area contributed by atoms with Crippen molar-refractivity contribution in [2.45, 2.75) is 44.8 Å². The summed E-state index contributed by atoms with van der Waals surface area (Å²) in [6.45, 7) is 2.96. The standard InChI is InChI=1S/C15H24N2O2/c1-11-10-12(5-8-15(11)18-2)14(17-16)7-6-13-4-3-9-19-13/h5,8,10,13-14,17H,3-4,6-7,9,16H2,1-2H3. The predicted octanol–water partition coefficient (Wildman–Crippen LogP) is 2.47. The minimum atomic E-state index is 0.175. The van der Waals surface area contributed by atoms with Gasteiger partial charge in [-0.2, -0.15) is 0 Å². The number of hydrogen-bond acceptors (Lipinski definition) is 4. The van der Waals surface area contributed by atoms with Crippen molar-refractivity contribution in [3.8, 4) is 5.75 Å². The number of benzene rings is 1. The molecule has 3 N–H and O–H groups in total. The molecule has 19 heavy (non-hydrogen) atoms. The van der Waals surface area contributed by atoms with Gasteiger partial charge >= 0.3 is 0 Å². The molecule has 0 aromatic heterocycles. The lowest BCUT2D eigenvalue weighted by atomic mass is 9.98. The summed E-state index contributed by atoms with van der Waals surface area (Å²) in [6, 6.07) is 6.39. The molecule has 1 aliphatic rings. The van der Waals surface area contributed by atoms with Crippen LogP contribution in [0.2, 0.25) is 0 Å². The second-order valence-electron chi connectivity index (χ2n) is 5.16. The summed E-state index contributed by atoms with van der Waals surface area (Å²) in [4.78, 5) is 0. The van der Waals surface area contributed by atoms with Crippen molar-refractivity contribution in [2.24, 2.45) is 5.84 Å². The fourth-order valence-corrected chi connectivity index (χ4v) is 2.69. The minimum Gasteiger partial charge on any atom is -0.496 e. The third-order valence-corrected chi connectivity index (χ3v) is 3.82. The molecule has 0 aliphatic carbocycles. The van der Waals surface area contributed by atoms with E-state index in [1.165, 1.54) is 18.4 Å². The predicted molar refractivity (Wildman–Crippen MR) is 76.0 cm³/mol. The SMILES string of the molecule is COc1ccc(C(CCC2CCCO2)NN)cc1C. The van der Waals surface area contributed by atoms with Crippen LogP contribution in [0.3, 0.4) is 0 Å². The van der Waals surface area contributed by atoms with E-state index in [2.05, 4.69) is 24.5 Å². The molecule has 4 nitrogen and oxygen atoms in total. The van der Waals surface area contributed by atoms with Gasteiger partial charge in [-0.25, -0.2) is 0 Å². The van der Waals surface area contributed by atoms with Crippen LogP contribution in [-0.2, 0) is 4.74 Å². The van der Waals surface area contributed by atoms with Crippen molar-refractivity contribution in [1.82, 2.24) is 5.43 Å². The molecular weight excluding hydrogens is 240 g/mol. The number of nitrogens with two attached hydrogens (primary N) is 1. The van der Waals surface area contributed by atoms with E-state index in [0.717, 1.165) is 30.8 Å². The summed E-state index contributed by atoms with van der Waals surface area (Å²) in [7, 11) is 1.69. The van der Waals surface area contributed by atoms with Gasteiger partial charge in [-0.3, -0.25) is 11.3 Å². The number of aryl methyl sites for hydroxylation is 1. The Morgan fingerprint density at radius 2 is 2.37 bits per heavy atom. The Bertz CT molecular complexity index is 403. The Balaban J connectivity index is 1.97. The summed E-state index contributed by atoms with van der Waals surface area (Å²) in [5, 5.41) is 0. The summed E-state index contributed by atoms with van der Waals surface area (Å²) in [5.41, 5.74) is 5.25. The van der Waals surface area contributed by atoms with E-state index in [1.54, 1.807) is 7.11 Å². The highest BCUT2D eigenvalue weighted by molar-refractivity contribution is 5.37. The van der Waals surface area contributed by atoms with Crippen LogP contribution in [0.5, 0.6) is 5.75 Å². The molecule has 0 bridgehead atoms. The number of rotatable bonds is 6. The van der Waals surface area contributed by atoms with Crippen LogP contribution in [0.1, 0.15) is 42.9 Å². The third-order valence-electron chi connectivity index (χ3n) is 3.82. The number of hydrogen-bond donors (Lipinski definition) is 2. The van der Waals surface area contributed by atoms with Crippen molar-refractivity contribution >= 4 is 0 Å². The molecule has 2 atom stereocenters. The smallest absolute Gasteiger partial charge is 0.121 e. The Labute approximate surface area is 115 Å². The van der Waals surface area contributed by atoms with Gasteiger partial charge in [0.2, 0.25) is 0 Å². The van der Waals surface area contributed by atoms with Gasteiger partial charge in [-0.1, -0.05) is 12.1 Å². The molecule has 2 unspecified atom stereocenters. The van der Waals surface area contributed by atoms with Gasteiger partial charge in [0.05, 0.1) is 13.2 Å². The fraction of sp³-hybridized carbons (Fsp3) is 0.600. The first-order chi connectivity index (χ1) is 9.24. The van der Waals surface area contributed by atoms with Crippen LogP contribution < -0.4 is 16.0 Å². The van der Waals surface area contributed by atoms with E-state index in [1.807, 2.05) is 6.07 Å². The van der Waals surface area contributed by atoms with Gasteiger partial charge in [0.1, 0.15) is 5.75 Å². The van der Waals surface area contributed by atoms with Crippen LogP contribution in [0, 0.1) is 6.92 Å². The number of ether oxygens (including phenoxy) is 2. The number of methoxy groups -OCH3 is 1. The van der Waals surface area contributed by atoms with Gasteiger partial charge < -0.3 is 9.47 Å². The lowest BCUT2D eigenvalue weighted by molar-refractivity contribution is 0.0996. The molecule has 1 aliphatic heterocycles. The highest BCUT2D eigenvalue weighted by Gasteiger charge is 2.18. The van der Waals surface area contributed by atoms with E-state index in [4.69, 9.17) is 15.3 Å². The highest BCUT2D eigenvalue weighted by Crippen LogP contribution is 2.27. The molecule has 1 saturated heterocycles. The van der Waals surface area contributed by atoms with Crippen LogP contribution in [0.15, 0.2) is 18.2 Å². The molecule has 106 valence electrons. The Kier molecular flexibility index (Phi) is 5.19. The second kappa shape index (κ2) is 6.89. The van der Waals surface area contributed by atoms with Gasteiger partial charge in [-0.05, 0) is 49.8 Å². The molecular formula is C15H24N2O2. The molecule has 1 aromatic carbocycles. The minimum absolute atomic E-state index is 0.175. The summed E-state index contributed by atoms with van der Waals surface area (Å²) < 4.78 is 10.9. The van der Waals surface area contributed by atoms with Crippen molar-refractivity contribution in [3.05, 3.63) is 29.3 Å². The number of nitrogens with one attached hydrogen (secondary N) is 1. The van der Waals surface area contributed by atoms with Crippen LogP contribution in [0.25, 0.3) is 0 Å². The Hall–Kier alpha value is -1.10. The maximum Gasteiger partial charge on any atom is 0.121 e. The van der Waals surface area contributed by atoms with Gasteiger partial charge in [0.25, 0.3) is 0 Å². The number of hydrazine groups is 1. The molecule has 1 aromatic rings. The summed E-state index contributed by atoms with van der Waals surface area (Å²) in [5.74, 6) is 6.60. The van der Waals surface area contributed by atoms with E-state index < -0.39 is 0 Å². The monoisotopic (exact) mass is 264 g/mol. The summed E-state index contributed by atoms with van der Waals surface area (Å²) >= 11 is 0. The van der Waals surface area contributed by atoms with E-state index in [9.17, 15) is 0 Å². The Morgan fingerprint density at radius 1 is 1.53 bits per heavy atom.